The van der Waals surface area contributed by atoms with Crippen LogP contribution in [0.2, 0.25) is 0 Å². The number of ether oxygens (including phenoxy) is 3. The summed E-state index contributed by atoms with van der Waals surface area (Å²) in [6, 6.07) is 9.42. The molecule has 2 aromatic heterocycles. The van der Waals surface area contributed by atoms with Gasteiger partial charge in [0.05, 0.1) is 39.8 Å². The zero-order valence-electron chi connectivity index (χ0n) is 17.1. The molecule has 0 fully saturated rings. The van der Waals surface area contributed by atoms with Crippen molar-refractivity contribution < 1.29 is 19.0 Å². The van der Waals surface area contributed by atoms with Crippen molar-refractivity contribution in [2.75, 3.05) is 27.9 Å². The number of rotatable bonds is 8. The lowest BCUT2D eigenvalue weighted by atomic mass is 10.1. The zero-order valence-corrected chi connectivity index (χ0v) is 17.1. The van der Waals surface area contributed by atoms with Gasteiger partial charge in [-0.3, -0.25) is 4.79 Å². The van der Waals surface area contributed by atoms with E-state index in [0.717, 1.165) is 16.9 Å². The highest BCUT2D eigenvalue weighted by atomic mass is 16.5. The topological polar surface area (TPSA) is 65.3 Å². The van der Waals surface area contributed by atoms with Crippen LogP contribution in [0, 0.1) is 0 Å². The molecule has 0 radical (unpaired) electrons. The van der Waals surface area contributed by atoms with Gasteiger partial charge in [0.2, 0.25) is 11.7 Å². The Morgan fingerprint density at radius 1 is 1.14 bits per heavy atom. The maximum absolute atomic E-state index is 12.8. The largest absolute Gasteiger partial charge is 0.493 e. The molecule has 3 rings (SSSR count). The molecule has 7 nitrogen and oxygen atoms in total. The summed E-state index contributed by atoms with van der Waals surface area (Å²) in [7, 11) is 4.67. The van der Waals surface area contributed by atoms with Crippen LogP contribution in [0.15, 0.2) is 48.8 Å². The summed E-state index contributed by atoms with van der Waals surface area (Å²) in [4.78, 5) is 18.9. The van der Waals surface area contributed by atoms with Crippen LogP contribution < -0.4 is 14.2 Å². The van der Waals surface area contributed by atoms with E-state index in [9.17, 15) is 4.79 Å². The minimum atomic E-state index is -0.0906. The van der Waals surface area contributed by atoms with Gasteiger partial charge in [-0.25, -0.2) is 4.98 Å². The molecule has 0 saturated carbocycles. The summed E-state index contributed by atoms with van der Waals surface area (Å²) in [5.74, 6) is 1.50. The van der Waals surface area contributed by atoms with E-state index in [4.69, 9.17) is 14.2 Å². The predicted octanol–water partition coefficient (Wildman–Crippen LogP) is 3.42. The molecule has 0 unspecified atom stereocenters. The number of aromatic nitrogens is 2. The van der Waals surface area contributed by atoms with Gasteiger partial charge < -0.3 is 23.5 Å². The number of fused-ring (bicyclic) bond motifs is 1. The standard InChI is InChI=1S/C22H25N3O4/c1-5-24(15-17-14-23-20-8-6-7-11-25(17)20)21(26)10-9-16-12-18(27-2)22(29-4)19(13-16)28-3/h6-14H,5,15H2,1-4H3/b10-9+. The Bertz CT molecular complexity index is 1000. The number of benzene rings is 1. The second-order valence-electron chi connectivity index (χ2n) is 6.32. The third-order valence-electron chi connectivity index (χ3n) is 4.65. The van der Waals surface area contributed by atoms with Gasteiger partial charge in [0.1, 0.15) is 5.65 Å². The number of carbonyl (C=O) groups is 1. The SMILES string of the molecule is CCN(Cc1cnc2ccccn12)C(=O)/C=C/c1cc(OC)c(OC)c(OC)c1. The molecule has 0 aliphatic carbocycles. The van der Waals surface area contributed by atoms with Crippen molar-refractivity contribution in [1.29, 1.82) is 0 Å². The first-order valence-corrected chi connectivity index (χ1v) is 9.29. The van der Waals surface area contributed by atoms with E-state index in [1.807, 2.05) is 35.7 Å². The van der Waals surface area contributed by atoms with E-state index < -0.39 is 0 Å². The van der Waals surface area contributed by atoms with Gasteiger partial charge in [-0.1, -0.05) is 6.07 Å². The summed E-state index contributed by atoms with van der Waals surface area (Å²) in [6.45, 7) is 3.01. The molecular weight excluding hydrogens is 370 g/mol. The smallest absolute Gasteiger partial charge is 0.246 e. The van der Waals surface area contributed by atoms with Crippen LogP contribution in [0.4, 0.5) is 0 Å². The Morgan fingerprint density at radius 2 is 1.86 bits per heavy atom. The fraction of sp³-hybridized carbons (Fsp3) is 0.273. The first kappa shape index (κ1) is 20.3. The minimum Gasteiger partial charge on any atom is -0.493 e. The Kier molecular flexibility index (Phi) is 6.39. The van der Waals surface area contributed by atoms with E-state index in [-0.39, 0.29) is 5.91 Å². The van der Waals surface area contributed by atoms with E-state index in [0.29, 0.717) is 30.3 Å². The lowest BCUT2D eigenvalue weighted by Crippen LogP contribution is -2.29. The second-order valence-corrected chi connectivity index (χ2v) is 6.32. The highest BCUT2D eigenvalue weighted by Gasteiger charge is 2.14. The normalized spacial score (nSPS) is 11.0. The van der Waals surface area contributed by atoms with E-state index in [1.165, 1.54) is 0 Å². The summed E-state index contributed by atoms with van der Waals surface area (Å²) in [5.41, 5.74) is 2.59. The molecule has 1 amide bonds. The van der Waals surface area contributed by atoms with E-state index in [1.54, 1.807) is 56.7 Å². The summed E-state index contributed by atoms with van der Waals surface area (Å²) in [5, 5.41) is 0. The lowest BCUT2D eigenvalue weighted by Gasteiger charge is -2.19. The molecule has 0 aliphatic rings. The Balaban J connectivity index is 1.79. The second kappa shape index (κ2) is 9.14. The Hall–Kier alpha value is -3.48. The molecule has 0 spiro atoms. The molecule has 3 aromatic rings. The first-order chi connectivity index (χ1) is 14.1. The molecule has 1 aromatic carbocycles. The fourth-order valence-electron chi connectivity index (χ4n) is 3.11. The molecule has 152 valence electrons. The molecule has 0 saturated heterocycles. The molecular formula is C22H25N3O4. The number of hydrogen-bond donors (Lipinski definition) is 0. The van der Waals surface area contributed by atoms with Crippen molar-refractivity contribution in [3.05, 3.63) is 60.1 Å². The van der Waals surface area contributed by atoms with Gasteiger partial charge in [-0.15, -0.1) is 0 Å². The molecule has 0 atom stereocenters. The fourth-order valence-corrected chi connectivity index (χ4v) is 3.11. The lowest BCUT2D eigenvalue weighted by molar-refractivity contribution is -0.126. The van der Waals surface area contributed by atoms with Crippen molar-refractivity contribution in [2.45, 2.75) is 13.5 Å². The minimum absolute atomic E-state index is 0.0906. The summed E-state index contributed by atoms with van der Waals surface area (Å²) in [6.07, 6.45) is 7.04. The van der Waals surface area contributed by atoms with Crippen LogP contribution in [0.25, 0.3) is 11.7 Å². The van der Waals surface area contributed by atoms with E-state index >= 15 is 0 Å². The third-order valence-corrected chi connectivity index (χ3v) is 4.65. The van der Waals surface area contributed by atoms with Gasteiger partial charge in [-0.05, 0) is 42.8 Å². The molecule has 29 heavy (non-hydrogen) atoms. The number of methoxy groups -OCH3 is 3. The van der Waals surface area contributed by atoms with Gasteiger partial charge in [-0.2, -0.15) is 0 Å². The molecule has 0 N–H and O–H groups in total. The van der Waals surface area contributed by atoms with Crippen molar-refractivity contribution in [3.63, 3.8) is 0 Å². The van der Waals surface area contributed by atoms with Crippen molar-refractivity contribution in [1.82, 2.24) is 14.3 Å². The van der Waals surface area contributed by atoms with Crippen LogP contribution in [0.1, 0.15) is 18.2 Å². The van der Waals surface area contributed by atoms with Crippen LogP contribution >= 0.6 is 0 Å². The predicted molar refractivity (Wildman–Crippen MR) is 111 cm³/mol. The van der Waals surface area contributed by atoms with Crippen molar-refractivity contribution in [3.8, 4) is 17.2 Å². The number of nitrogens with zero attached hydrogens (tertiary/aromatic N) is 3. The molecule has 7 heteroatoms. The third kappa shape index (κ3) is 4.34. The van der Waals surface area contributed by atoms with Crippen molar-refractivity contribution >= 4 is 17.6 Å². The van der Waals surface area contributed by atoms with Gasteiger partial charge in [0.25, 0.3) is 0 Å². The highest BCUT2D eigenvalue weighted by Crippen LogP contribution is 2.38. The van der Waals surface area contributed by atoms with Crippen LogP contribution in [-0.2, 0) is 11.3 Å². The number of pyridine rings is 1. The maximum atomic E-state index is 12.8. The number of imidazole rings is 1. The quantitative estimate of drug-likeness (QED) is 0.547. The number of carbonyl (C=O) groups excluding carboxylic acids is 1. The number of likely N-dealkylation sites (N-methyl/N-ethyl adjacent to an activating group) is 1. The van der Waals surface area contributed by atoms with Crippen molar-refractivity contribution in [2.24, 2.45) is 0 Å². The van der Waals surface area contributed by atoms with Crippen LogP contribution in [0.5, 0.6) is 17.2 Å². The molecule has 2 heterocycles. The van der Waals surface area contributed by atoms with Gasteiger partial charge in [0, 0.05) is 18.8 Å². The van der Waals surface area contributed by atoms with Crippen LogP contribution in [0.3, 0.4) is 0 Å². The summed E-state index contributed by atoms with van der Waals surface area (Å²) >= 11 is 0. The van der Waals surface area contributed by atoms with Gasteiger partial charge in [0.15, 0.2) is 11.5 Å². The maximum Gasteiger partial charge on any atom is 0.246 e. The Morgan fingerprint density at radius 3 is 2.48 bits per heavy atom. The number of hydrogen-bond acceptors (Lipinski definition) is 5. The van der Waals surface area contributed by atoms with Gasteiger partial charge >= 0.3 is 0 Å². The zero-order chi connectivity index (χ0) is 20.8. The monoisotopic (exact) mass is 395 g/mol. The van der Waals surface area contributed by atoms with E-state index in [2.05, 4.69) is 4.98 Å². The highest BCUT2D eigenvalue weighted by molar-refractivity contribution is 5.92. The Labute approximate surface area is 170 Å². The van der Waals surface area contributed by atoms with Crippen LogP contribution in [-0.4, -0.2) is 48.1 Å². The average Bonchev–Trinajstić information content (AvgIpc) is 3.17. The molecule has 0 aliphatic heterocycles. The first-order valence-electron chi connectivity index (χ1n) is 9.29. The molecule has 0 bridgehead atoms. The summed E-state index contributed by atoms with van der Waals surface area (Å²) < 4.78 is 18.0. The number of amides is 1. The average molecular weight is 395 g/mol.